The maximum Gasteiger partial charge on any atom is 0.283 e. The molecule has 12 heavy (non-hydrogen) atoms. The van der Waals surface area contributed by atoms with E-state index < -0.39 is 17.8 Å². The van der Waals surface area contributed by atoms with Crippen molar-refractivity contribution in [2.24, 2.45) is 0 Å². The smallest absolute Gasteiger partial charge is 0.283 e. The van der Waals surface area contributed by atoms with Crippen LogP contribution in [0.4, 0.5) is 0 Å². The molecule has 3 N–H and O–H groups in total. The maximum atomic E-state index is 11.1. The molecule has 5 nitrogen and oxygen atoms in total. The summed E-state index contributed by atoms with van der Waals surface area (Å²) < 4.78 is 4.76. The van der Waals surface area contributed by atoms with Gasteiger partial charge < -0.3 is 20.3 Å². The van der Waals surface area contributed by atoms with Crippen LogP contribution in [0.15, 0.2) is 0 Å². The Morgan fingerprint density at radius 1 is 1.83 bits per heavy atom. The van der Waals surface area contributed by atoms with Crippen molar-refractivity contribution >= 4 is 5.91 Å². The Morgan fingerprint density at radius 3 is 2.92 bits per heavy atom. The molecule has 0 radical (unpaired) electrons. The third-order valence-electron chi connectivity index (χ3n) is 1.83. The lowest BCUT2D eigenvalue weighted by molar-refractivity contribution is -0.213. The fraction of sp³-hybridized carbons (Fsp3) is 0.857. The van der Waals surface area contributed by atoms with E-state index in [0.29, 0.717) is 6.54 Å². The summed E-state index contributed by atoms with van der Waals surface area (Å²) in [5.74, 6) is -2.70. The summed E-state index contributed by atoms with van der Waals surface area (Å²) in [6, 6.07) is 0. The van der Waals surface area contributed by atoms with Gasteiger partial charge in [-0.2, -0.15) is 0 Å². The van der Waals surface area contributed by atoms with Crippen LogP contribution in [-0.4, -0.2) is 41.2 Å². The number of hydrogen-bond acceptors (Lipinski definition) is 4. The van der Waals surface area contributed by atoms with Gasteiger partial charge in [0, 0.05) is 13.0 Å². The second-order valence-corrected chi connectivity index (χ2v) is 2.71. The van der Waals surface area contributed by atoms with Crippen LogP contribution >= 0.6 is 0 Å². The molecule has 1 aliphatic heterocycles. The highest BCUT2D eigenvalue weighted by Crippen LogP contribution is 2.23. The highest BCUT2D eigenvalue weighted by Gasteiger charge is 2.48. The Morgan fingerprint density at radius 2 is 2.50 bits per heavy atom. The number of likely N-dealkylation sites (N-methyl/N-ethyl adjacent to an activating group) is 1. The van der Waals surface area contributed by atoms with Gasteiger partial charge in [-0.15, -0.1) is 0 Å². The molecule has 0 aromatic rings. The van der Waals surface area contributed by atoms with Crippen molar-refractivity contribution in [2.75, 3.05) is 13.2 Å². The van der Waals surface area contributed by atoms with Crippen molar-refractivity contribution in [3.8, 4) is 0 Å². The topological polar surface area (TPSA) is 78.8 Å². The van der Waals surface area contributed by atoms with E-state index in [1.807, 2.05) is 0 Å². The molecule has 1 aliphatic rings. The molecule has 70 valence electrons. The Bertz CT molecular complexity index is 184. The first kappa shape index (κ1) is 9.44. The summed E-state index contributed by atoms with van der Waals surface area (Å²) in [7, 11) is 0. The number of amides is 1. The molecular weight excluding hydrogens is 162 g/mol. The molecule has 2 unspecified atom stereocenters. The molecule has 1 rings (SSSR count). The quantitative estimate of drug-likeness (QED) is 0.482. The summed E-state index contributed by atoms with van der Waals surface area (Å²) in [5.41, 5.74) is 0. The fourth-order valence-corrected chi connectivity index (χ4v) is 1.12. The number of aliphatic hydroxyl groups is 2. The largest absolute Gasteiger partial charge is 0.387 e. The van der Waals surface area contributed by atoms with Crippen LogP contribution in [-0.2, 0) is 9.53 Å². The van der Waals surface area contributed by atoms with E-state index in [9.17, 15) is 15.0 Å². The molecule has 2 atom stereocenters. The molecule has 1 heterocycles. The minimum absolute atomic E-state index is 0.203. The predicted octanol–water partition coefficient (Wildman–Crippen LogP) is -1.41. The van der Waals surface area contributed by atoms with E-state index in [0.717, 1.165) is 0 Å². The molecule has 0 aliphatic carbocycles. The number of hydrogen-bond donors (Lipinski definition) is 3. The Hall–Kier alpha value is -0.650. The number of rotatable bonds is 2. The average Bonchev–Trinajstić information content (AvgIpc) is 2.34. The van der Waals surface area contributed by atoms with Crippen molar-refractivity contribution in [2.45, 2.75) is 25.2 Å². The average molecular weight is 175 g/mol. The second kappa shape index (κ2) is 3.38. The van der Waals surface area contributed by atoms with Crippen LogP contribution in [0.5, 0.6) is 0 Å². The molecule has 0 spiro atoms. The van der Waals surface area contributed by atoms with Crippen molar-refractivity contribution in [3.63, 3.8) is 0 Å². The maximum absolute atomic E-state index is 11.1. The predicted molar refractivity (Wildman–Crippen MR) is 40.2 cm³/mol. The number of ether oxygens (including phenoxy) is 1. The molecule has 1 saturated heterocycles. The first-order chi connectivity index (χ1) is 5.61. The van der Waals surface area contributed by atoms with Crippen molar-refractivity contribution in [1.82, 2.24) is 5.32 Å². The first-order valence-corrected chi connectivity index (χ1v) is 3.94. The van der Waals surface area contributed by atoms with E-state index in [-0.39, 0.29) is 13.0 Å². The first-order valence-electron chi connectivity index (χ1n) is 3.94. The van der Waals surface area contributed by atoms with E-state index in [2.05, 4.69) is 5.32 Å². The van der Waals surface area contributed by atoms with Gasteiger partial charge in [0.25, 0.3) is 11.7 Å². The van der Waals surface area contributed by atoms with Gasteiger partial charge in [-0.05, 0) is 6.92 Å². The van der Waals surface area contributed by atoms with Gasteiger partial charge in [0.15, 0.2) is 0 Å². The van der Waals surface area contributed by atoms with Gasteiger partial charge in [0.1, 0.15) is 6.10 Å². The van der Waals surface area contributed by atoms with Crippen LogP contribution in [0.2, 0.25) is 0 Å². The van der Waals surface area contributed by atoms with Gasteiger partial charge in [0.2, 0.25) is 0 Å². The lowest BCUT2D eigenvalue weighted by Gasteiger charge is -2.23. The molecule has 0 aromatic heterocycles. The van der Waals surface area contributed by atoms with E-state index in [1.54, 1.807) is 6.92 Å². The van der Waals surface area contributed by atoms with Gasteiger partial charge in [-0.1, -0.05) is 0 Å². The summed E-state index contributed by atoms with van der Waals surface area (Å²) in [5, 5.41) is 21.1. The summed E-state index contributed by atoms with van der Waals surface area (Å²) in [4.78, 5) is 11.1. The van der Waals surface area contributed by atoms with E-state index in [4.69, 9.17) is 4.74 Å². The van der Waals surface area contributed by atoms with Crippen LogP contribution in [0.3, 0.4) is 0 Å². The SMILES string of the molecule is CCNC(=O)C1(O)OCCC1O. The molecule has 0 aromatic carbocycles. The summed E-state index contributed by atoms with van der Waals surface area (Å²) in [6.07, 6.45) is -0.836. The Balaban J connectivity index is 2.63. The highest BCUT2D eigenvalue weighted by molar-refractivity contribution is 5.84. The molecule has 0 saturated carbocycles. The second-order valence-electron chi connectivity index (χ2n) is 2.71. The van der Waals surface area contributed by atoms with Crippen LogP contribution in [0.25, 0.3) is 0 Å². The number of carbonyl (C=O) groups is 1. The molecule has 5 heteroatoms. The molecular formula is C7H13NO4. The minimum atomic E-state index is -2.03. The van der Waals surface area contributed by atoms with Crippen molar-refractivity contribution in [3.05, 3.63) is 0 Å². The van der Waals surface area contributed by atoms with Gasteiger partial charge in [-0.3, -0.25) is 4.79 Å². The standard InChI is InChI=1S/C7H13NO4/c1-2-8-6(10)7(11)5(9)3-4-12-7/h5,9,11H,2-4H2,1H3,(H,8,10). The van der Waals surface area contributed by atoms with Crippen LogP contribution < -0.4 is 5.32 Å². The zero-order valence-corrected chi connectivity index (χ0v) is 6.91. The highest BCUT2D eigenvalue weighted by atomic mass is 16.7. The summed E-state index contributed by atoms with van der Waals surface area (Å²) in [6.45, 7) is 2.33. The van der Waals surface area contributed by atoms with Gasteiger partial charge in [0.05, 0.1) is 6.61 Å². The van der Waals surface area contributed by atoms with E-state index in [1.165, 1.54) is 0 Å². The number of nitrogens with one attached hydrogen (secondary N) is 1. The summed E-state index contributed by atoms with van der Waals surface area (Å²) >= 11 is 0. The Labute approximate surface area is 70.3 Å². The number of carbonyl (C=O) groups excluding carboxylic acids is 1. The minimum Gasteiger partial charge on any atom is -0.387 e. The fourth-order valence-electron chi connectivity index (χ4n) is 1.12. The van der Waals surface area contributed by atoms with Crippen molar-refractivity contribution in [1.29, 1.82) is 0 Å². The lowest BCUT2D eigenvalue weighted by Crippen LogP contribution is -2.53. The molecule has 0 bridgehead atoms. The van der Waals surface area contributed by atoms with Gasteiger partial charge in [-0.25, -0.2) is 0 Å². The van der Waals surface area contributed by atoms with Crippen molar-refractivity contribution < 1.29 is 19.7 Å². The van der Waals surface area contributed by atoms with E-state index >= 15 is 0 Å². The van der Waals surface area contributed by atoms with Crippen LogP contribution in [0, 0.1) is 0 Å². The normalized spacial score (nSPS) is 35.1. The zero-order valence-electron chi connectivity index (χ0n) is 6.91. The molecule has 1 amide bonds. The monoisotopic (exact) mass is 175 g/mol. The number of aliphatic hydroxyl groups excluding tert-OH is 1. The lowest BCUT2D eigenvalue weighted by atomic mass is 10.1. The third kappa shape index (κ3) is 1.43. The molecule has 1 fully saturated rings. The van der Waals surface area contributed by atoms with Crippen LogP contribution in [0.1, 0.15) is 13.3 Å². The zero-order chi connectivity index (χ0) is 9.19. The third-order valence-corrected chi connectivity index (χ3v) is 1.83. The Kier molecular flexibility index (Phi) is 2.66. The van der Waals surface area contributed by atoms with Gasteiger partial charge >= 0.3 is 0 Å².